The molecule has 0 bridgehead atoms. The minimum Gasteiger partial charge on any atom is -0.378 e. The van der Waals surface area contributed by atoms with Gasteiger partial charge in [-0.15, -0.1) is 0 Å². The van der Waals surface area contributed by atoms with E-state index < -0.39 is 5.54 Å². The summed E-state index contributed by atoms with van der Waals surface area (Å²) < 4.78 is 5.68. The van der Waals surface area contributed by atoms with E-state index in [1.807, 2.05) is 13.8 Å². The van der Waals surface area contributed by atoms with Crippen LogP contribution in [0.5, 0.6) is 0 Å². The molecule has 0 radical (unpaired) electrons. The number of hydrogen-bond acceptors (Lipinski definition) is 3. The maximum Gasteiger partial charge on any atom is 0.248 e. The quantitative estimate of drug-likeness (QED) is 0.827. The molecule has 2 rings (SSSR count). The number of hydrogen-bond donors (Lipinski definition) is 1. The second-order valence-corrected chi connectivity index (χ2v) is 5.89. The lowest BCUT2D eigenvalue weighted by atomic mass is 9.88. The Kier molecular flexibility index (Phi) is 4.68. The summed E-state index contributed by atoms with van der Waals surface area (Å²) in [7, 11) is 0. The predicted octanol–water partition coefficient (Wildman–Crippen LogP) is 1.32. The summed E-state index contributed by atoms with van der Waals surface area (Å²) in [4.78, 5) is 26.4. The molecular weight excluding hydrogens is 256 g/mol. The van der Waals surface area contributed by atoms with Gasteiger partial charge in [0.2, 0.25) is 11.8 Å². The molecule has 2 aliphatic rings. The second kappa shape index (κ2) is 6.12. The van der Waals surface area contributed by atoms with Crippen molar-refractivity contribution in [3.63, 3.8) is 0 Å². The molecule has 0 aliphatic carbocycles. The number of carbonyl (C=O) groups is 2. The molecule has 0 spiro atoms. The van der Waals surface area contributed by atoms with E-state index in [-0.39, 0.29) is 24.5 Å². The van der Waals surface area contributed by atoms with E-state index in [2.05, 4.69) is 12.2 Å². The van der Waals surface area contributed by atoms with E-state index in [0.29, 0.717) is 25.3 Å². The average Bonchev–Trinajstić information content (AvgIpc) is 2.89. The van der Waals surface area contributed by atoms with Gasteiger partial charge in [-0.25, -0.2) is 0 Å². The van der Waals surface area contributed by atoms with Crippen LogP contribution in [0, 0.1) is 5.92 Å². The summed E-state index contributed by atoms with van der Waals surface area (Å²) >= 11 is 0. The fourth-order valence-electron chi connectivity index (χ4n) is 3.42. The minimum absolute atomic E-state index is 0.0414. The van der Waals surface area contributed by atoms with Gasteiger partial charge in [-0.05, 0) is 25.7 Å². The normalized spacial score (nSPS) is 29.6. The summed E-state index contributed by atoms with van der Waals surface area (Å²) in [5, 5.41) is 2.90. The van der Waals surface area contributed by atoms with Gasteiger partial charge in [-0.1, -0.05) is 20.8 Å². The first-order valence-corrected chi connectivity index (χ1v) is 7.78. The topological polar surface area (TPSA) is 58.6 Å². The molecule has 2 aliphatic heterocycles. The van der Waals surface area contributed by atoms with Crippen LogP contribution in [0.1, 0.15) is 46.5 Å². The highest BCUT2D eigenvalue weighted by Crippen LogP contribution is 2.28. The number of amides is 2. The molecule has 0 saturated carbocycles. The van der Waals surface area contributed by atoms with Crippen LogP contribution in [0.3, 0.4) is 0 Å². The molecule has 0 aromatic heterocycles. The first-order valence-electron chi connectivity index (χ1n) is 7.78. The lowest BCUT2D eigenvalue weighted by molar-refractivity contribution is -0.151. The molecule has 5 heteroatoms. The first-order chi connectivity index (χ1) is 9.56. The summed E-state index contributed by atoms with van der Waals surface area (Å²) in [6.07, 6.45) is 3.46. The van der Waals surface area contributed by atoms with Crippen LogP contribution in [0.4, 0.5) is 0 Å². The molecule has 5 nitrogen and oxygen atoms in total. The van der Waals surface area contributed by atoms with E-state index in [0.717, 1.165) is 19.4 Å². The number of rotatable bonds is 5. The zero-order valence-corrected chi connectivity index (χ0v) is 12.8. The molecule has 2 heterocycles. The highest BCUT2D eigenvalue weighted by atomic mass is 16.5. The van der Waals surface area contributed by atoms with Crippen molar-refractivity contribution < 1.29 is 14.3 Å². The summed E-state index contributed by atoms with van der Waals surface area (Å²) in [5.41, 5.74) is -0.698. The van der Waals surface area contributed by atoms with Crippen LogP contribution in [-0.4, -0.2) is 48.1 Å². The van der Waals surface area contributed by atoms with Gasteiger partial charge in [0.1, 0.15) is 5.54 Å². The van der Waals surface area contributed by atoms with Crippen LogP contribution < -0.4 is 5.32 Å². The van der Waals surface area contributed by atoms with Crippen LogP contribution in [-0.2, 0) is 14.3 Å². The molecule has 1 N–H and O–H groups in total. The number of nitrogens with zero attached hydrogens (tertiary/aromatic N) is 1. The molecule has 2 amide bonds. The number of piperazine rings is 1. The van der Waals surface area contributed by atoms with Crippen molar-refractivity contribution in [2.45, 2.75) is 58.1 Å². The molecule has 2 saturated heterocycles. The molecular formula is C15H26N2O3. The third kappa shape index (κ3) is 2.68. The Morgan fingerprint density at radius 2 is 2.00 bits per heavy atom. The molecule has 20 heavy (non-hydrogen) atoms. The summed E-state index contributed by atoms with van der Waals surface area (Å²) in [6, 6.07) is 0. The van der Waals surface area contributed by atoms with Gasteiger partial charge in [0.25, 0.3) is 0 Å². The van der Waals surface area contributed by atoms with E-state index in [9.17, 15) is 9.59 Å². The SMILES string of the molecule is CCC1OCCC1CN1CC(=O)NC(CC)(CC)C1=O. The minimum atomic E-state index is -0.698. The first kappa shape index (κ1) is 15.3. The predicted molar refractivity (Wildman–Crippen MR) is 76.2 cm³/mol. The zero-order valence-electron chi connectivity index (χ0n) is 12.8. The third-order valence-electron chi connectivity index (χ3n) is 4.82. The fourth-order valence-corrected chi connectivity index (χ4v) is 3.42. The zero-order chi connectivity index (χ0) is 14.8. The Morgan fingerprint density at radius 1 is 1.30 bits per heavy atom. The monoisotopic (exact) mass is 282 g/mol. The van der Waals surface area contributed by atoms with Crippen LogP contribution in [0.25, 0.3) is 0 Å². The molecule has 2 fully saturated rings. The van der Waals surface area contributed by atoms with Crippen molar-refractivity contribution in [1.29, 1.82) is 0 Å². The maximum absolute atomic E-state index is 12.7. The number of nitrogens with one attached hydrogen (secondary N) is 1. The largest absolute Gasteiger partial charge is 0.378 e. The average molecular weight is 282 g/mol. The van der Waals surface area contributed by atoms with Crippen LogP contribution >= 0.6 is 0 Å². The van der Waals surface area contributed by atoms with Gasteiger partial charge < -0.3 is 15.0 Å². The molecule has 2 unspecified atom stereocenters. The van der Waals surface area contributed by atoms with Gasteiger partial charge >= 0.3 is 0 Å². The lowest BCUT2D eigenvalue weighted by Gasteiger charge is -2.42. The Hall–Kier alpha value is -1.10. The standard InChI is InChI=1S/C15H26N2O3/c1-4-12-11(7-8-20-12)9-17-10-13(18)16-15(5-2,6-3)14(17)19/h11-12H,4-10H2,1-3H3,(H,16,18). The van der Waals surface area contributed by atoms with Crippen molar-refractivity contribution in [3.05, 3.63) is 0 Å². The van der Waals surface area contributed by atoms with Crippen LogP contribution in [0.15, 0.2) is 0 Å². The van der Waals surface area contributed by atoms with Gasteiger partial charge in [0.15, 0.2) is 0 Å². The van der Waals surface area contributed by atoms with Crippen molar-refractivity contribution >= 4 is 11.8 Å². The van der Waals surface area contributed by atoms with E-state index in [1.165, 1.54) is 0 Å². The van der Waals surface area contributed by atoms with Crippen molar-refractivity contribution in [3.8, 4) is 0 Å². The van der Waals surface area contributed by atoms with E-state index in [1.54, 1.807) is 4.90 Å². The lowest BCUT2D eigenvalue weighted by Crippen LogP contribution is -2.66. The molecule has 114 valence electrons. The van der Waals surface area contributed by atoms with Gasteiger partial charge in [0.05, 0.1) is 12.6 Å². The van der Waals surface area contributed by atoms with Crippen molar-refractivity contribution in [1.82, 2.24) is 10.2 Å². The molecule has 0 aromatic carbocycles. The van der Waals surface area contributed by atoms with E-state index in [4.69, 9.17) is 4.74 Å². The highest BCUT2D eigenvalue weighted by molar-refractivity contribution is 5.97. The van der Waals surface area contributed by atoms with Gasteiger partial charge in [-0.3, -0.25) is 9.59 Å². The maximum atomic E-state index is 12.7. The highest BCUT2D eigenvalue weighted by Gasteiger charge is 2.45. The Morgan fingerprint density at radius 3 is 2.60 bits per heavy atom. The Bertz CT molecular complexity index is 379. The summed E-state index contributed by atoms with van der Waals surface area (Å²) in [6.45, 7) is 7.62. The Balaban J connectivity index is 2.10. The van der Waals surface area contributed by atoms with Gasteiger partial charge in [0, 0.05) is 19.1 Å². The molecule has 0 aromatic rings. The molecule has 2 atom stereocenters. The van der Waals surface area contributed by atoms with Crippen molar-refractivity contribution in [2.75, 3.05) is 19.7 Å². The smallest absolute Gasteiger partial charge is 0.248 e. The number of ether oxygens (including phenoxy) is 1. The van der Waals surface area contributed by atoms with Gasteiger partial charge in [-0.2, -0.15) is 0 Å². The summed E-state index contributed by atoms with van der Waals surface area (Å²) in [5.74, 6) is 0.394. The third-order valence-corrected chi connectivity index (χ3v) is 4.82. The Labute approximate surface area is 121 Å². The number of carbonyl (C=O) groups excluding carboxylic acids is 2. The van der Waals surface area contributed by atoms with E-state index >= 15 is 0 Å². The fraction of sp³-hybridized carbons (Fsp3) is 0.867. The second-order valence-electron chi connectivity index (χ2n) is 5.89. The van der Waals surface area contributed by atoms with Crippen LogP contribution in [0.2, 0.25) is 0 Å². The van der Waals surface area contributed by atoms with Crippen molar-refractivity contribution in [2.24, 2.45) is 5.92 Å².